The standard InChI is InChI=1S/C16H32N4O/c1-13-12-19(3)10-11-20(13)9-5-4-8-16(2,15(17)21)18-14-6-7-14/h13-14,18H,4-12H2,1-3H3,(H2,17,21). The van der Waals surface area contributed by atoms with E-state index in [0.717, 1.165) is 45.4 Å². The fourth-order valence-corrected chi connectivity index (χ4v) is 3.25. The van der Waals surface area contributed by atoms with Gasteiger partial charge in [0.25, 0.3) is 0 Å². The van der Waals surface area contributed by atoms with Crippen molar-refractivity contribution in [1.82, 2.24) is 15.1 Å². The Morgan fingerprint density at radius 1 is 1.33 bits per heavy atom. The molecule has 1 aliphatic heterocycles. The number of hydrogen-bond donors (Lipinski definition) is 2. The predicted molar refractivity (Wildman–Crippen MR) is 86.1 cm³/mol. The molecule has 2 aliphatic rings. The summed E-state index contributed by atoms with van der Waals surface area (Å²) < 4.78 is 0. The Hall–Kier alpha value is -0.650. The van der Waals surface area contributed by atoms with Crippen LogP contribution in [0.5, 0.6) is 0 Å². The minimum atomic E-state index is -0.519. The number of piperazine rings is 1. The van der Waals surface area contributed by atoms with Crippen molar-refractivity contribution in [3.05, 3.63) is 0 Å². The zero-order valence-corrected chi connectivity index (χ0v) is 13.9. The Morgan fingerprint density at radius 3 is 2.62 bits per heavy atom. The number of amides is 1. The van der Waals surface area contributed by atoms with Crippen LogP contribution in [-0.4, -0.2) is 66.6 Å². The molecule has 2 atom stereocenters. The Morgan fingerprint density at radius 2 is 2.05 bits per heavy atom. The molecule has 1 heterocycles. The molecule has 2 rings (SSSR count). The number of unbranched alkanes of at least 4 members (excludes halogenated alkanes) is 1. The molecule has 0 aromatic rings. The molecule has 1 amide bonds. The molecule has 0 bridgehead atoms. The molecule has 0 radical (unpaired) electrons. The minimum Gasteiger partial charge on any atom is -0.368 e. The smallest absolute Gasteiger partial charge is 0.237 e. The van der Waals surface area contributed by atoms with Crippen LogP contribution in [0, 0.1) is 0 Å². The summed E-state index contributed by atoms with van der Waals surface area (Å²) >= 11 is 0. The number of nitrogens with zero attached hydrogens (tertiary/aromatic N) is 2. The number of primary amides is 1. The van der Waals surface area contributed by atoms with Crippen LogP contribution in [0.2, 0.25) is 0 Å². The Balaban J connectivity index is 1.69. The molecule has 1 aliphatic carbocycles. The first-order valence-corrected chi connectivity index (χ1v) is 8.41. The van der Waals surface area contributed by atoms with Gasteiger partial charge in [-0.2, -0.15) is 0 Å². The van der Waals surface area contributed by atoms with Crippen molar-refractivity contribution >= 4 is 5.91 Å². The summed E-state index contributed by atoms with van der Waals surface area (Å²) in [6, 6.07) is 1.15. The summed E-state index contributed by atoms with van der Waals surface area (Å²) in [6.07, 6.45) is 5.41. The molecule has 21 heavy (non-hydrogen) atoms. The number of rotatable bonds is 8. The maximum absolute atomic E-state index is 11.7. The van der Waals surface area contributed by atoms with E-state index in [1.165, 1.54) is 12.8 Å². The van der Waals surface area contributed by atoms with Crippen molar-refractivity contribution in [2.45, 2.75) is 63.6 Å². The first-order chi connectivity index (χ1) is 9.90. The van der Waals surface area contributed by atoms with Gasteiger partial charge < -0.3 is 16.0 Å². The Kier molecular flexibility index (Phi) is 5.63. The number of nitrogens with one attached hydrogen (secondary N) is 1. The first-order valence-electron chi connectivity index (χ1n) is 8.41. The molecular formula is C16H32N4O. The van der Waals surface area contributed by atoms with Gasteiger partial charge in [-0.1, -0.05) is 0 Å². The molecule has 1 saturated heterocycles. The van der Waals surface area contributed by atoms with Gasteiger partial charge in [0.2, 0.25) is 5.91 Å². The van der Waals surface area contributed by atoms with Gasteiger partial charge >= 0.3 is 0 Å². The van der Waals surface area contributed by atoms with Crippen LogP contribution in [0.25, 0.3) is 0 Å². The van der Waals surface area contributed by atoms with E-state index in [-0.39, 0.29) is 5.91 Å². The van der Waals surface area contributed by atoms with E-state index >= 15 is 0 Å². The SMILES string of the molecule is CC1CN(C)CCN1CCCCC(C)(NC1CC1)C(N)=O. The number of nitrogens with two attached hydrogens (primary N) is 1. The lowest BCUT2D eigenvalue weighted by Crippen LogP contribution is -2.54. The topological polar surface area (TPSA) is 61.6 Å². The van der Waals surface area contributed by atoms with Crippen LogP contribution in [0.3, 0.4) is 0 Å². The fourth-order valence-electron chi connectivity index (χ4n) is 3.25. The molecule has 0 aromatic carbocycles. The van der Waals surface area contributed by atoms with Gasteiger partial charge in [0, 0.05) is 31.7 Å². The summed E-state index contributed by atoms with van der Waals surface area (Å²) in [5.41, 5.74) is 5.07. The van der Waals surface area contributed by atoms with Crippen LogP contribution < -0.4 is 11.1 Å². The highest BCUT2D eigenvalue weighted by atomic mass is 16.1. The van der Waals surface area contributed by atoms with Crippen molar-refractivity contribution in [2.24, 2.45) is 5.73 Å². The summed E-state index contributed by atoms with van der Waals surface area (Å²) in [5.74, 6) is -0.206. The second-order valence-electron chi connectivity index (χ2n) is 7.22. The van der Waals surface area contributed by atoms with E-state index in [1.54, 1.807) is 0 Å². The molecule has 1 saturated carbocycles. The second-order valence-corrected chi connectivity index (χ2v) is 7.22. The highest BCUT2D eigenvalue weighted by Crippen LogP contribution is 2.25. The van der Waals surface area contributed by atoms with E-state index in [2.05, 4.69) is 29.1 Å². The van der Waals surface area contributed by atoms with Crippen molar-refractivity contribution in [3.8, 4) is 0 Å². The van der Waals surface area contributed by atoms with Gasteiger partial charge in [-0.05, 0) is 59.5 Å². The Bertz CT molecular complexity index is 358. The summed E-state index contributed by atoms with van der Waals surface area (Å²) in [5, 5.41) is 3.42. The van der Waals surface area contributed by atoms with Gasteiger partial charge in [-0.15, -0.1) is 0 Å². The van der Waals surface area contributed by atoms with E-state index in [9.17, 15) is 4.79 Å². The van der Waals surface area contributed by atoms with Crippen LogP contribution in [0.15, 0.2) is 0 Å². The van der Waals surface area contributed by atoms with Gasteiger partial charge in [0.15, 0.2) is 0 Å². The third kappa shape index (κ3) is 4.94. The summed E-state index contributed by atoms with van der Waals surface area (Å²) in [4.78, 5) is 16.7. The lowest BCUT2D eigenvalue weighted by atomic mass is 9.93. The van der Waals surface area contributed by atoms with E-state index in [0.29, 0.717) is 12.1 Å². The number of carbonyl (C=O) groups is 1. The third-order valence-electron chi connectivity index (χ3n) is 4.98. The third-order valence-corrected chi connectivity index (χ3v) is 4.98. The summed E-state index contributed by atoms with van der Waals surface area (Å²) in [7, 11) is 2.19. The van der Waals surface area contributed by atoms with Gasteiger partial charge in [-0.3, -0.25) is 9.69 Å². The molecule has 0 spiro atoms. The summed E-state index contributed by atoms with van der Waals surface area (Å²) in [6.45, 7) is 8.87. The Labute approximate surface area is 129 Å². The van der Waals surface area contributed by atoms with Crippen molar-refractivity contribution < 1.29 is 4.79 Å². The number of likely N-dealkylation sites (N-methyl/N-ethyl adjacent to an activating group) is 1. The molecule has 5 nitrogen and oxygen atoms in total. The zero-order valence-electron chi connectivity index (χ0n) is 13.9. The number of hydrogen-bond acceptors (Lipinski definition) is 4. The monoisotopic (exact) mass is 296 g/mol. The zero-order chi connectivity index (χ0) is 15.5. The molecule has 122 valence electrons. The largest absolute Gasteiger partial charge is 0.368 e. The van der Waals surface area contributed by atoms with E-state index in [4.69, 9.17) is 5.73 Å². The number of carbonyl (C=O) groups excluding carboxylic acids is 1. The highest BCUT2D eigenvalue weighted by molar-refractivity contribution is 5.84. The van der Waals surface area contributed by atoms with Gasteiger partial charge in [0.1, 0.15) is 0 Å². The highest BCUT2D eigenvalue weighted by Gasteiger charge is 2.36. The average molecular weight is 296 g/mol. The molecule has 3 N–H and O–H groups in total. The molecule has 5 heteroatoms. The lowest BCUT2D eigenvalue weighted by molar-refractivity contribution is -0.124. The maximum atomic E-state index is 11.7. The minimum absolute atomic E-state index is 0.206. The predicted octanol–water partition coefficient (Wildman–Crippen LogP) is 0.789. The molecule has 2 unspecified atom stereocenters. The first kappa shape index (κ1) is 16.7. The van der Waals surface area contributed by atoms with Crippen LogP contribution in [-0.2, 0) is 4.79 Å². The van der Waals surface area contributed by atoms with Gasteiger partial charge in [-0.25, -0.2) is 0 Å². The van der Waals surface area contributed by atoms with Crippen LogP contribution >= 0.6 is 0 Å². The van der Waals surface area contributed by atoms with E-state index < -0.39 is 5.54 Å². The normalized spacial score (nSPS) is 27.5. The van der Waals surface area contributed by atoms with Crippen molar-refractivity contribution in [1.29, 1.82) is 0 Å². The lowest BCUT2D eigenvalue weighted by Gasteiger charge is -2.38. The molecule has 0 aromatic heterocycles. The van der Waals surface area contributed by atoms with E-state index in [1.807, 2.05) is 6.92 Å². The molecular weight excluding hydrogens is 264 g/mol. The maximum Gasteiger partial charge on any atom is 0.237 e. The van der Waals surface area contributed by atoms with Crippen molar-refractivity contribution in [3.63, 3.8) is 0 Å². The quantitative estimate of drug-likeness (QED) is 0.650. The van der Waals surface area contributed by atoms with Crippen molar-refractivity contribution in [2.75, 3.05) is 33.2 Å². The van der Waals surface area contributed by atoms with Crippen LogP contribution in [0.1, 0.15) is 46.0 Å². The molecule has 2 fully saturated rings. The van der Waals surface area contributed by atoms with Crippen LogP contribution in [0.4, 0.5) is 0 Å². The average Bonchev–Trinajstić information content (AvgIpc) is 3.20. The van der Waals surface area contributed by atoms with Gasteiger partial charge in [0.05, 0.1) is 5.54 Å². The second kappa shape index (κ2) is 7.07. The fraction of sp³-hybridized carbons (Fsp3) is 0.938.